The first-order valence-electron chi connectivity index (χ1n) is 9.27. The molecule has 0 bridgehead atoms. The summed E-state index contributed by atoms with van der Waals surface area (Å²) in [6.45, 7) is 5.24. The minimum absolute atomic E-state index is 0.376. The molecule has 0 aliphatic heterocycles. The average molecular weight is 387 g/mol. The number of methoxy groups -OCH3 is 1. The Hall–Kier alpha value is -3.67. The Morgan fingerprint density at radius 2 is 1.76 bits per heavy atom. The number of hydrogen-bond acceptors (Lipinski definition) is 5. The fraction of sp³-hybridized carbons (Fsp3) is 0.174. The number of esters is 1. The van der Waals surface area contributed by atoms with Gasteiger partial charge >= 0.3 is 5.97 Å². The molecule has 6 heteroatoms. The van der Waals surface area contributed by atoms with Crippen LogP contribution in [0.15, 0.2) is 54.6 Å². The predicted octanol–water partition coefficient (Wildman–Crippen LogP) is 4.64. The van der Waals surface area contributed by atoms with Gasteiger partial charge in [0.1, 0.15) is 11.6 Å². The van der Waals surface area contributed by atoms with E-state index in [1.165, 1.54) is 6.92 Å². The zero-order valence-corrected chi connectivity index (χ0v) is 16.8. The molecule has 4 rings (SSSR count). The topological polar surface area (TPSA) is 66.2 Å². The average Bonchev–Trinajstić information content (AvgIpc) is 2.98. The van der Waals surface area contributed by atoms with Crippen LogP contribution >= 0.6 is 0 Å². The number of benzene rings is 2. The lowest BCUT2D eigenvalue weighted by atomic mass is 10.2. The lowest BCUT2D eigenvalue weighted by Gasteiger charge is -2.11. The van der Waals surface area contributed by atoms with Crippen LogP contribution in [0, 0.1) is 13.8 Å². The normalized spacial score (nSPS) is 10.9. The van der Waals surface area contributed by atoms with E-state index in [-0.39, 0.29) is 5.97 Å². The minimum Gasteiger partial charge on any atom is -0.497 e. The molecule has 6 nitrogen and oxygen atoms in total. The van der Waals surface area contributed by atoms with Crippen LogP contribution in [0.5, 0.6) is 11.5 Å². The third-order valence-corrected chi connectivity index (χ3v) is 4.70. The maximum atomic E-state index is 11.7. The van der Waals surface area contributed by atoms with E-state index in [9.17, 15) is 4.79 Å². The van der Waals surface area contributed by atoms with Crippen molar-refractivity contribution in [3.63, 3.8) is 0 Å². The molecule has 0 aliphatic carbocycles. The lowest BCUT2D eigenvalue weighted by molar-refractivity contribution is -0.131. The molecule has 2 aromatic heterocycles. The summed E-state index contributed by atoms with van der Waals surface area (Å²) in [5, 5.41) is 0.787. The van der Waals surface area contributed by atoms with Gasteiger partial charge < -0.3 is 9.47 Å². The van der Waals surface area contributed by atoms with Gasteiger partial charge in [0.25, 0.3) is 0 Å². The van der Waals surface area contributed by atoms with Gasteiger partial charge in [-0.1, -0.05) is 30.3 Å². The molecule has 0 radical (unpaired) electrons. The van der Waals surface area contributed by atoms with E-state index in [4.69, 9.17) is 14.5 Å². The zero-order valence-electron chi connectivity index (χ0n) is 16.8. The lowest BCUT2D eigenvalue weighted by Crippen LogP contribution is -2.05. The van der Waals surface area contributed by atoms with Crippen molar-refractivity contribution in [3.05, 3.63) is 66.0 Å². The molecule has 0 saturated carbocycles. The van der Waals surface area contributed by atoms with Crippen molar-refractivity contribution in [3.8, 4) is 28.7 Å². The number of carbonyl (C=O) groups is 1. The Labute approximate surface area is 168 Å². The highest BCUT2D eigenvalue weighted by molar-refractivity contribution is 5.93. The molecule has 0 N–H and O–H groups in total. The van der Waals surface area contributed by atoms with E-state index in [2.05, 4.69) is 4.98 Å². The number of aromatic nitrogens is 3. The van der Waals surface area contributed by atoms with Crippen molar-refractivity contribution in [1.29, 1.82) is 0 Å². The van der Waals surface area contributed by atoms with E-state index in [1.54, 1.807) is 7.11 Å². The Morgan fingerprint density at radius 1 is 1.00 bits per heavy atom. The van der Waals surface area contributed by atoms with Crippen LogP contribution < -0.4 is 9.47 Å². The largest absolute Gasteiger partial charge is 0.497 e. The first-order valence-corrected chi connectivity index (χ1v) is 9.27. The molecule has 0 unspecified atom stereocenters. The van der Waals surface area contributed by atoms with Crippen LogP contribution in [0.4, 0.5) is 0 Å². The van der Waals surface area contributed by atoms with Gasteiger partial charge in [-0.2, -0.15) is 0 Å². The van der Waals surface area contributed by atoms with Gasteiger partial charge in [-0.3, -0.25) is 9.36 Å². The number of hydrogen-bond donors (Lipinski definition) is 0. The summed E-state index contributed by atoms with van der Waals surface area (Å²) in [7, 11) is 1.61. The van der Waals surface area contributed by atoms with Gasteiger partial charge in [0.2, 0.25) is 0 Å². The summed E-state index contributed by atoms with van der Waals surface area (Å²) in [6, 6.07) is 17.4. The van der Waals surface area contributed by atoms with E-state index < -0.39 is 0 Å². The summed E-state index contributed by atoms with van der Waals surface area (Å²) in [6.07, 6.45) is 0. The Kier molecular flexibility index (Phi) is 4.76. The zero-order chi connectivity index (χ0) is 20.5. The monoisotopic (exact) mass is 387 g/mol. The molecule has 2 heterocycles. The molecule has 0 saturated heterocycles. The van der Waals surface area contributed by atoms with Crippen molar-refractivity contribution in [2.45, 2.75) is 20.8 Å². The highest BCUT2D eigenvalue weighted by Gasteiger charge is 2.20. The Balaban J connectivity index is 1.98. The summed E-state index contributed by atoms with van der Waals surface area (Å²) < 4.78 is 12.9. The molecule has 0 atom stereocenters. The van der Waals surface area contributed by atoms with E-state index in [1.807, 2.05) is 73.0 Å². The van der Waals surface area contributed by atoms with Gasteiger partial charge in [-0.15, -0.1) is 0 Å². The van der Waals surface area contributed by atoms with Gasteiger partial charge in [-0.25, -0.2) is 9.97 Å². The summed E-state index contributed by atoms with van der Waals surface area (Å²) in [5.41, 5.74) is 3.43. The van der Waals surface area contributed by atoms with E-state index in [0.29, 0.717) is 23.1 Å². The standard InChI is InChI=1S/C23H21N3O3/c1-14-12-21(25-23(24-14)17-8-6-5-7-9-17)26-15(2)22(29-16(3)27)19-13-18(28-4)10-11-20(19)26/h5-13H,1-4H3. The van der Waals surface area contributed by atoms with E-state index >= 15 is 0 Å². The molecule has 146 valence electrons. The maximum absolute atomic E-state index is 11.7. The second-order valence-corrected chi connectivity index (χ2v) is 6.78. The van der Waals surface area contributed by atoms with Crippen molar-refractivity contribution in [2.75, 3.05) is 7.11 Å². The molecule has 0 spiro atoms. The predicted molar refractivity (Wildman–Crippen MR) is 112 cm³/mol. The number of carbonyl (C=O) groups excluding carboxylic acids is 1. The van der Waals surface area contributed by atoms with Crippen LogP contribution in [0.1, 0.15) is 18.3 Å². The fourth-order valence-electron chi connectivity index (χ4n) is 3.45. The molecule has 4 aromatic rings. The van der Waals surface area contributed by atoms with Gasteiger partial charge in [0, 0.05) is 29.6 Å². The van der Waals surface area contributed by atoms with E-state index in [0.717, 1.165) is 27.9 Å². The Bertz CT molecular complexity index is 1210. The van der Waals surface area contributed by atoms with Gasteiger partial charge in [0.05, 0.1) is 18.3 Å². The number of ether oxygens (including phenoxy) is 2. The third-order valence-electron chi connectivity index (χ3n) is 4.70. The third kappa shape index (κ3) is 3.45. The van der Waals surface area contributed by atoms with Crippen LogP contribution in [-0.2, 0) is 4.79 Å². The first-order chi connectivity index (χ1) is 14.0. The van der Waals surface area contributed by atoms with Crippen molar-refractivity contribution < 1.29 is 14.3 Å². The Morgan fingerprint density at radius 3 is 2.45 bits per heavy atom. The summed E-state index contributed by atoms with van der Waals surface area (Å²) in [5.74, 6) is 2.17. The molecule has 2 aromatic carbocycles. The van der Waals surface area contributed by atoms with Crippen LogP contribution in [0.3, 0.4) is 0 Å². The SMILES string of the molecule is COc1ccc2c(c1)c(OC(C)=O)c(C)n2-c1cc(C)nc(-c2ccccc2)n1. The first kappa shape index (κ1) is 18.7. The van der Waals surface area contributed by atoms with Gasteiger partial charge in [-0.05, 0) is 32.0 Å². The highest BCUT2D eigenvalue weighted by Crippen LogP contribution is 2.37. The summed E-state index contributed by atoms with van der Waals surface area (Å²) >= 11 is 0. The van der Waals surface area contributed by atoms with Crippen molar-refractivity contribution in [2.24, 2.45) is 0 Å². The molecule has 0 aliphatic rings. The molecule has 29 heavy (non-hydrogen) atoms. The van der Waals surface area contributed by atoms with Crippen LogP contribution in [0.25, 0.3) is 28.1 Å². The fourth-order valence-corrected chi connectivity index (χ4v) is 3.45. The smallest absolute Gasteiger partial charge is 0.308 e. The minimum atomic E-state index is -0.376. The number of nitrogens with zero attached hydrogens (tertiary/aromatic N) is 3. The van der Waals surface area contributed by atoms with Crippen LogP contribution in [0.2, 0.25) is 0 Å². The van der Waals surface area contributed by atoms with Crippen molar-refractivity contribution in [1.82, 2.24) is 14.5 Å². The second kappa shape index (κ2) is 7.39. The van der Waals surface area contributed by atoms with Gasteiger partial charge in [0.15, 0.2) is 11.6 Å². The second-order valence-electron chi connectivity index (χ2n) is 6.78. The number of rotatable bonds is 4. The highest BCUT2D eigenvalue weighted by atomic mass is 16.5. The quantitative estimate of drug-likeness (QED) is 0.477. The van der Waals surface area contributed by atoms with Crippen molar-refractivity contribution >= 4 is 16.9 Å². The summed E-state index contributed by atoms with van der Waals surface area (Å²) in [4.78, 5) is 21.1. The maximum Gasteiger partial charge on any atom is 0.308 e. The molecular weight excluding hydrogens is 366 g/mol. The molecule has 0 amide bonds. The molecule has 0 fully saturated rings. The molecular formula is C23H21N3O3. The number of fused-ring (bicyclic) bond motifs is 1. The number of aryl methyl sites for hydroxylation is 1. The van der Waals surface area contributed by atoms with Crippen LogP contribution in [-0.4, -0.2) is 27.6 Å².